The van der Waals surface area contributed by atoms with Crippen LogP contribution in [-0.2, 0) is 16.0 Å². The first kappa shape index (κ1) is 18.3. The summed E-state index contributed by atoms with van der Waals surface area (Å²) in [5, 5.41) is 8.51. The van der Waals surface area contributed by atoms with Crippen LogP contribution in [0.4, 0.5) is 5.69 Å². The number of fused-ring (bicyclic) bond motifs is 1. The minimum absolute atomic E-state index is 0.146. The van der Waals surface area contributed by atoms with Crippen molar-refractivity contribution < 1.29 is 19.5 Å². The number of nitrogens with zero attached hydrogens (tertiary/aromatic N) is 1. The predicted octanol–water partition coefficient (Wildman–Crippen LogP) is 2.56. The summed E-state index contributed by atoms with van der Waals surface area (Å²) in [5.74, 6) is -0.00754. The predicted molar refractivity (Wildman–Crippen MR) is 99.8 cm³/mol. The molecule has 0 spiro atoms. The van der Waals surface area contributed by atoms with E-state index in [9.17, 15) is 9.59 Å². The maximum atomic E-state index is 13.0. The van der Waals surface area contributed by atoms with Gasteiger partial charge in [0.05, 0.1) is 18.0 Å². The van der Waals surface area contributed by atoms with Crippen molar-refractivity contribution in [3.63, 3.8) is 0 Å². The topological polar surface area (TPSA) is 78.9 Å². The molecule has 0 radical (unpaired) electrons. The molecule has 1 unspecified atom stereocenters. The minimum atomic E-state index is -0.624. The third-order valence-electron chi connectivity index (χ3n) is 4.22. The molecule has 1 aliphatic rings. The number of benzene rings is 2. The average Bonchev–Trinajstić information content (AvgIpc) is 2.66. The number of hydroxylamine groups is 1. The van der Waals surface area contributed by atoms with Gasteiger partial charge in [-0.15, -0.1) is 11.8 Å². The van der Waals surface area contributed by atoms with Gasteiger partial charge < -0.3 is 9.64 Å². The Morgan fingerprint density at radius 2 is 2.00 bits per heavy atom. The molecule has 1 aliphatic heterocycles. The van der Waals surface area contributed by atoms with Gasteiger partial charge in [0.25, 0.3) is 5.91 Å². The lowest BCUT2D eigenvalue weighted by atomic mass is 10.1. The van der Waals surface area contributed by atoms with Crippen molar-refractivity contribution in [2.75, 3.05) is 18.6 Å². The van der Waals surface area contributed by atoms with Crippen LogP contribution in [0.1, 0.15) is 11.1 Å². The van der Waals surface area contributed by atoms with Crippen molar-refractivity contribution in [2.45, 2.75) is 23.5 Å². The van der Waals surface area contributed by atoms with Crippen LogP contribution >= 0.6 is 11.8 Å². The Morgan fingerprint density at radius 1 is 1.27 bits per heavy atom. The summed E-state index contributed by atoms with van der Waals surface area (Å²) in [4.78, 5) is 27.1. The molecular formula is C19H20N2O4S. The molecule has 2 aromatic rings. The van der Waals surface area contributed by atoms with E-state index in [1.807, 2.05) is 49.4 Å². The van der Waals surface area contributed by atoms with E-state index in [2.05, 4.69) is 0 Å². The van der Waals surface area contributed by atoms with Crippen molar-refractivity contribution in [2.24, 2.45) is 0 Å². The Hall–Kier alpha value is -2.51. The van der Waals surface area contributed by atoms with Crippen molar-refractivity contribution >= 4 is 29.3 Å². The van der Waals surface area contributed by atoms with Gasteiger partial charge in [0.1, 0.15) is 12.3 Å². The number of rotatable bonds is 5. The lowest BCUT2D eigenvalue weighted by molar-refractivity contribution is -0.129. The molecule has 1 atom stereocenters. The third kappa shape index (κ3) is 3.84. The summed E-state index contributed by atoms with van der Waals surface area (Å²) in [6.45, 7) is 1.72. The van der Waals surface area contributed by atoms with Crippen LogP contribution in [-0.4, -0.2) is 35.9 Å². The molecule has 2 aromatic carbocycles. The monoisotopic (exact) mass is 372 g/mol. The molecule has 0 saturated heterocycles. The standard InChI is InChI=1S/C19H20N2O4S/c1-12-3-8-16-15(9-12)21(11-18(22)20-24)19(23)17(26-16)10-13-4-6-14(25-2)7-5-13/h3-9,17,24H,10-11H2,1-2H3,(H,20,22). The zero-order valence-corrected chi connectivity index (χ0v) is 15.4. The molecule has 2 amide bonds. The first-order chi connectivity index (χ1) is 12.5. The van der Waals surface area contributed by atoms with Crippen LogP contribution in [0.25, 0.3) is 0 Å². The second-order valence-corrected chi connectivity index (χ2v) is 7.33. The number of hydrogen-bond donors (Lipinski definition) is 2. The Morgan fingerprint density at radius 3 is 2.65 bits per heavy atom. The molecule has 0 aromatic heterocycles. The van der Waals surface area contributed by atoms with Crippen molar-refractivity contribution in [3.8, 4) is 5.75 Å². The number of aryl methyl sites for hydroxylation is 1. The SMILES string of the molecule is COc1ccc(CC2Sc3ccc(C)cc3N(CC(=O)NO)C2=O)cc1. The fourth-order valence-electron chi connectivity index (χ4n) is 2.88. The Kier molecular flexibility index (Phi) is 5.49. The van der Waals surface area contributed by atoms with Crippen LogP contribution in [0.15, 0.2) is 47.4 Å². The highest BCUT2D eigenvalue weighted by Gasteiger charge is 2.34. The third-order valence-corrected chi connectivity index (χ3v) is 5.47. The number of hydrogen-bond acceptors (Lipinski definition) is 5. The van der Waals surface area contributed by atoms with E-state index >= 15 is 0 Å². The largest absolute Gasteiger partial charge is 0.497 e. The number of amides is 2. The maximum Gasteiger partial charge on any atom is 0.263 e. The molecule has 136 valence electrons. The van der Waals surface area contributed by atoms with E-state index in [1.54, 1.807) is 12.6 Å². The van der Waals surface area contributed by atoms with E-state index in [0.29, 0.717) is 12.1 Å². The van der Waals surface area contributed by atoms with Crippen molar-refractivity contribution in [1.29, 1.82) is 0 Å². The van der Waals surface area contributed by atoms with Crippen molar-refractivity contribution in [3.05, 3.63) is 53.6 Å². The first-order valence-corrected chi connectivity index (χ1v) is 9.04. The molecule has 6 nitrogen and oxygen atoms in total. The van der Waals surface area contributed by atoms with Crippen LogP contribution in [0.2, 0.25) is 0 Å². The summed E-state index contributed by atoms with van der Waals surface area (Å²) >= 11 is 1.50. The number of anilines is 1. The lowest BCUT2D eigenvalue weighted by Gasteiger charge is -2.33. The van der Waals surface area contributed by atoms with E-state index < -0.39 is 5.91 Å². The molecule has 7 heteroatoms. The van der Waals surface area contributed by atoms with Gasteiger partial charge in [-0.2, -0.15) is 0 Å². The Labute approximate surface area is 156 Å². The van der Waals surface area contributed by atoms with Crippen LogP contribution in [0.3, 0.4) is 0 Å². The highest BCUT2D eigenvalue weighted by Crippen LogP contribution is 2.40. The number of carbonyl (C=O) groups excluding carboxylic acids is 2. The molecule has 26 heavy (non-hydrogen) atoms. The van der Waals surface area contributed by atoms with E-state index in [0.717, 1.165) is 21.8 Å². The normalized spacial score (nSPS) is 16.2. The van der Waals surface area contributed by atoms with Crippen LogP contribution in [0.5, 0.6) is 5.75 Å². The van der Waals surface area contributed by atoms with Gasteiger partial charge in [-0.1, -0.05) is 18.2 Å². The highest BCUT2D eigenvalue weighted by molar-refractivity contribution is 8.01. The molecule has 2 N–H and O–H groups in total. The Balaban J connectivity index is 1.88. The quantitative estimate of drug-likeness (QED) is 0.623. The first-order valence-electron chi connectivity index (χ1n) is 8.16. The second-order valence-electron chi connectivity index (χ2n) is 6.09. The highest BCUT2D eigenvalue weighted by atomic mass is 32.2. The molecule has 1 heterocycles. The number of nitrogens with one attached hydrogen (secondary N) is 1. The number of carbonyl (C=O) groups is 2. The van der Waals surface area contributed by atoms with Crippen LogP contribution < -0.4 is 15.1 Å². The summed E-state index contributed by atoms with van der Waals surface area (Å²) in [6, 6.07) is 13.4. The molecule has 0 fully saturated rings. The maximum absolute atomic E-state index is 13.0. The van der Waals surface area contributed by atoms with Gasteiger partial charge in [0.15, 0.2) is 0 Å². The summed E-state index contributed by atoms with van der Waals surface area (Å²) < 4.78 is 5.16. The summed E-state index contributed by atoms with van der Waals surface area (Å²) in [5.41, 5.74) is 4.32. The smallest absolute Gasteiger partial charge is 0.263 e. The minimum Gasteiger partial charge on any atom is -0.497 e. The fraction of sp³-hybridized carbons (Fsp3) is 0.263. The number of ether oxygens (including phenoxy) is 1. The van der Waals surface area contributed by atoms with E-state index in [-0.39, 0.29) is 17.7 Å². The zero-order chi connectivity index (χ0) is 18.7. The van der Waals surface area contributed by atoms with Gasteiger partial charge in [-0.05, 0) is 48.7 Å². The lowest BCUT2D eigenvalue weighted by Crippen LogP contribution is -2.46. The Bertz CT molecular complexity index is 823. The molecule has 0 saturated carbocycles. The fourth-order valence-corrected chi connectivity index (χ4v) is 4.13. The molecular weight excluding hydrogens is 352 g/mol. The van der Waals surface area contributed by atoms with E-state index in [4.69, 9.17) is 9.94 Å². The molecule has 3 rings (SSSR count). The van der Waals surface area contributed by atoms with Crippen LogP contribution in [0, 0.1) is 6.92 Å². The van der Waals surface area contributed by atoms with Gasteiger partial charge >= 0.3 is 0 Å². The summed E-state index contributed by atoms with van der Waals surface area (Å²) in [6.07, 6.45) is 0.540. The summed E-state index contributed by atoms with van der Waals surface area (Å²) in [7, 11) is 1.61. The number of methoxy groups -OCH3 is 1. The average molecular weight is 372 g/mol. The molecule has 0 bridgehead atoms. The van der Waals surface area contributed by atoms with E-state index in [1.165, 1.54) is 16.7 Å². The van der Waals surface area contributed by atoms with Gasteiger partial charge in [-0.3, -0.25) is 14.8 Å². The zero-order valence-electron chi connectivity index (χ0n) is 14.6. The van der Waals surface area contributed by atoms with Gasteiger partial charge in [-0.25, -0.2) is 5.48 Å². The second kappa shape index (κ2) is 7.80. The van der Waals surface area contributed by atoms with Gasteiger partial charge in [0.2, 0.25) is 5.91 Å². The van der Waals surface area contributed by atoms with Gasteiger partial charge in [0, 0.05) is 4.90 Å². The number of thioether (sulfide) groups is 1. The molecule has 0 aliphatic carbocycles. The van der Waals surface area contributed by atoms with Crippen molar-refractivity contribution in [1.82, 2.24) is 5.48 Å².